The van der Waals surface area contributed by atoms with E-state index in [1.165, 1.54) is 18.2 Å². The standard InChI is InChI=1S/C15H11ClN2O3/c1-10-6-11(8-16)2-4-14(10)21-15-5-3-12(9-17)7-13(15)18(19)20/h2-7H,8H2,1H3. The van der Waals surface area contributed by atoms with Crippen LogP contribution in [-0.2, 0) is 5.88 Å². The van der Waals surface area contributed by atoms with Gasteiger partial charge in [0.15, 0.2) is 0 Å². The van der Waals surface area contributed by atoms with Gasteiger partial charge < -0.3 is 4.74 Å². The third-order valence-corrected chi connectivity index (χ3v) is 3.21. The Balaban J connectivity index is 2.40. The predicted octanol–water partition coefficient (Wildman–Crippen LogP) is 4.31. The molecule has 0 unspecified atom stereocenters. The third kappa shape index (κ3) is 3.30. The predicted molar refractivity (Wildman–Crippen MR) is 78.6 cm³/mol. The molecule has 106 valence electrons. The van der Waals surface area contributed by atoms with Gasteiger partial charge in [-0.05, 0) is 36.2 Å². The number of nitro benzene ring substituents is 1. The van der Waals surface area contributed by atoms with E-state index in [9.17, 15) is 10.1 Å². The first-order chi connectivity index (χ1) is 10.0. The summed E-state index contributed by atoms with van der Waals surface area (Å²) in [5.74, 6) is 0.996. The summed E-state index contributed by atoms with van der Waals surface area (Å²) < 4.78 is 5.61. The highest BCUT2D eigenvalue weighted by Crippen LogP contribution is 2.33. The van der Waals surface area contributed by atoms with Crippen LogP contribution in [0.1, 0.15) is 16.7 Å². The van der Waals surface area contributed by atoms with Crippen molar-refractivity contribution in [2.24, 2.45) is 0 Å². The van der Waals surface area contributed by atoms with E-state index in [-0.39, 0.29) is 17.0 Å². The molecule has 21 heavy (non-hydrogen) atoms. The smallest absolute Gasteiger partial charge is 0.312 e. The van der Waals surface area contributed by atoms with Gasteiger partial charge in [0.2, 0.25) is 5.75 Å². The molecule has 0 fully saturated rings. The molecule has 2 aromatic rings. The number of nitriles is 1. The second kappa shape index (κ2) is 6.25. The number of alkyl halides is 1. The van der Waals surface area contributed by atoms with E-state index in [2.05, 4.69) is 0 Å². The molecular formula is C15H11ClN2O3. The molecule has 0 bridgehead atoms. The minimum absolute atomic E-state index is 0.0979. The van der Waals surface area contributed by atoms with Crippen molar-refractivity contribution in [2.75, 3.05) is 0 Å². The number of benzene rings is 2. The Bertz CT molecular complexity index is 738. The highest BCUT2D eigenvalue weighted by molar-refractivity contribution is 6.17. The van der Waals surface area contributed by atoms with Gasteiger partial charge >= 0.3 is 5.69 Å². The summed E-state index contributed by atoms with van der Waals surface area (Å²) in [5, 5.41) is 19.9. The zero-order chi connectivity index (χ0) is 15.4. The van der Waals surface area contributed by atoms with Gasteiger partial charge in [-0.3, -0.25) is 10.1 Å². The van der Waals surface area contributed by atoms with E-state index in [1.54, 1.807) is 12.1 Å². The first-order valence-corrected chi connectivity index (χ1v) is 6.60. The van der Waals surface area contributed by atoms with Crippen LogP contribution in [0, 0.1) is 28.4 Å². The summed E-state index contributed by atoms with van der Waals surface area (Å²) in [4.78, 5) is 10.5. The van der Waals surface area contributed by atoms with Gasteiger partial charge in [0, 0.05) is 11.9 Å². The average molecular weight is 303 g/mol. The highest BCUT2D eigenvalue weighted by Gasteiger charge is 2.17. The van der Waals surface area contributed by atoms with Crippen molar-refractivity contribution in [1.29, 1.82) is 5.26 Å². The molecule has 0 radical (unpaired) electrons. The molecule has 0 aromatic heterocycles. The van der Waals surface area contributed by atoms with E-state index in [0.717, 1.165) is 11.1 Å². The fourth-order valence-corrected chi connectivity index (χ4v) is 2.01. The average Bonchev–Trinajstić information content (AvgIpc) is 2.49. The first kappa shape index (κ1) is 14.8. The quantitative estimate of drug-likeness (QED) is 0.479. The summed E-state index contributed by atoms with van der Waals surface area (Å²) in [7, 11) is 0. The van der Waals surface area contributed by atoms with Crippen LogP contribution in [-0.4, -0.2) is 4.92 Å². The second-order valence-corrected chi connectivity index (χ2v) is 4.65. The van der Waals surface area contributed by atoms with Crippen LogP contribution in [0.15, 0.2) is 36.4 Å². The zero-order valence-corrected chi connectivity index (χ0v) is 11.9. The Morgan fingerprint density at radius 3 is 2.57 bits per heavy atom. The van der Waals surface area contributed by atoms with Crippen molar-refractivity contribution < 1.29 is 9.66 Å². The summed E-state index contributed by atoms with van der Waals surface area (Å²) in [6, 6.07) is 11.3. The van der Waals surface area contributed by atoms with Crippen LogP contribution < -0.4 is 4.74 Å². The molecule has 5 nitrogen and oxygen atoms in total. The number of aryl methyl sites for hydroxylation is 1. The topological polar surface area (TPSA) is 76.2 Å². The van der Waals surface area contributed by atoms with E-state index < -0.39 is 4.92 Å². The number of nitrogens with zero attached hydrogens (tertiary/aromatic N) is 2. The minimum Gasteiger partial charge on any atom is -0.450 e. The lowest BCUT2D eigenvalue weighted by atomic mass is 10.1. The fourth-order valence-electron chi connectivity index (χ4n) is 1.84. The molecule has 0 amide bonds. The Kier molecular flexibility index (Phi) is 4.41. The van der Waals surface area contributed by atoms with E-state index in [0.29, 0.717) is 11.6 Å². The number of nitro groups is 1. The number of hydrogen-bond donors (Lipinski definition) is 0. The second-order valence-electron chi connectivity index (χ2n) is 4.39. The monoisotopic (exact) mass is 302 g/mol. The van der Waals surface area contributed by atoms with Crippen molar-refractivity contribution >= 4 is 17.3 Å². The third-order valence-electron chi connectivity index (χ3n) is 2.90. The van der Waals surface area contributed by atoms with Crippen LogP contribution in [0.3, 0.4) is 0 Å². The SMILES string of the molecule is Cc1cc(CCl)ccc1Oc1ccc(C#N)cc1[N+](=O)[O-]. The molecule has 0 saturated carbocycles. The molecule has 0 atom stereocenters. The lowest BCUT2D eigenvalue weighted by Crippen LogP contribution is -1.95. The molecule has 6 heteroatoms. The van der Waals surface area contributed by atoms with Crippen molar-refractivity contribution in [3.8, 4) is 17.6 Å². The Morgan fingerprint density at radius 2 is 2.00 bits per heavy atom. The largest absolute Gasteiger partial charge is 0.450 e. The molecule has 2 rings (SSSR count). The van der Waals surface area contributed by atoms with Gasteiger partial charge in [0.05, 0.1) is 16.6 Å². The highest BCUT2D eigenvalue weighted by atomic mass is 35.5. The lowest BCUT2D eigenvalue weighted by Gasteiger charge is -2.10. The molecule has 0 spiro atoms. The van der Waals surface area contributed by atoms with Crippen LogP contribution in [0.5, 0.6) is 11.5 Å². The molecular weight excluding hydrogens is 292 g/mol. The Labute approximate surface area is 126 Å². The van der Waals surface area contributed by atoms with Crippen molar-refractivity contribution in [3.05, 3.63) is 63.2 Å². The van der Waals surface area contributed by atoms with Gasteiger partial charge in [0.1, 0.15) is 5.75 Å². The van der Waals surface area contributed by atoms with E-state index >= 15 is 0 Å². The first-order valence-electron chi connectivity index (χ1n) is 6.07. The van der Waals surface area contributed by atoms with Crippen molar-refractivity contribution in [2.45, 2.75) is 12.8 Å². The minimum atomic E-state index is -0.571. The maximum atomic E-state index is 11.1. The molecule has 0 aliphatic carbocycles. The molecule has 0 aliphatic heterocycles. The normalized spacial score (nSPS) is 9.95. The van der Waals surface area contributed by atoms with Gasteiger partial charge in [-0.1, -0.05) is 12.1 Å². The Morgan fingerprint density at radius 1 is 1.29 bits per heavy atom. The van der Waals surface area contributed by atoms with E-state index in [4.69, 9.17) is 21.6 Å². The van der Waals surface area contributed by atoms with Crippen LogP contribution >= 0.6 is 11.6 Å². The molecule has 0 N–H and O–H groups in total. The van der Waals surface area contributed by atoms with Crippen LogP contribution in [0.25, 0.3) is 0 Å². The number of rotatable bonds is 4. The van der Waals surface area contributed by atoms with Crippen molar-refractivity contribution in [1.82, 2.24) is 0 Å². The fraction of sp³-hybridized carbons (Fsp3) is 0.133. The molecule has 2 aromatic carbocycles. The maximum Gasteiger partial charge on any atom is 0.312 e. The van der Waals surface area contributed by atoms with Crippen LogP contribution in [0.2, 0.25) is 0 Å². The Hall–Kier alpha value is -2.58. The summed E-state index contributed by atoms with van der Waals surface area (Å²) in [6.07, 6.45) is 0. The molecule has 0 saturated heterocycles. The zero-order valence-electron chi connectivity index (χ0n) is 11.2. The summed E-state index contributed by atoms with van der Waals surface area (Å²) in [5.41, 5.74) is 1.74. The summed E-state index contributed by atoms with van der Waals surface area (Å²) in [6.45, 7) is 1.83. The lowest BCUT2D eigenvalue weighted by molar-refractivity contribution is -0.385. The number of ether oxygens (including phenoxy) is 1. The maximum absolute atomic E-state index is 11.1. The van der Waals surface area contributed by atoms with Crippen LogP contribution in [0.4, 0.5) is 5.69 Å². The van der Waals surface area contributed by atoms with Gasteiger partial charge in [-0.2, -0.15) is 5.26 Å². The van der Waals surface area contributed by atoms with E-state index in [1.807, 2.05) is 19.1 Å². The van der Waals surface area contributed by atoms with Crippen molar-refractivity contribution in [3.63, 3.8) is 0 Å². The number of halogens is 1. The van der Waals surface area contributed by atoms with Gasteiger partial charge in [0.25, 0.3) is 0 Å². The molecule has 0 aliphatic rings. The number of hydrogen-bond acceptors (Lipinski definition) is 4. The van der Waals surface area contributed by atoms with Gasteiger partial charge in [-0.15, -0.1) is 11.6 Å². The summed E-state index contributed by atoms with van der Waals surface area (Å²) >= 11 is 5.75. The van der Waals surface area contributed by atoms with Gasteiger partial charge in [-0.25, -0.2) is 0 Å². The molecule has 0 heterocycles.